The molecule has 0 atom stereocenters. The Hall–Kier alpha value is -0.550. The number of aromatic nitrogens is 1. The van der Waals surface area contributed by atoms with Gasteiger partial charge in [-0.05, 0) is 18.1 Å². The molecular weight excluding hydrogens is 238 g/mol. The van der Waals surface area contributed by atoms with Crippen molar-refractivity contribution in [2.24, 2.45) is 5.73 Å². The summed E-state index contributed by atoms with van der Waals surface area (Å²) in [5.74, 6) is 1.70. The third-order valence-electron chi connectivity index (χ3n) is 2.45. The predicted molar refractivity (Wildman–Crippen MR) is 71.5 cm³/mol. The Kier molecular flexibility index (Phi) is 3.54. The van der Waals surface area contributed by atoms with Crippen LogP contribution >= 0.6 is 23.1 Å². The molecule has 0 radical (unpaired) electrons. The molecule has 16 heavy (non-hydrogen) atoms. The molecule has 1 aliphatic rings. The van der Waals surface area contributed by atoms with Crippen molar-refractivity contribution >= 4 is 28.9 Å². The zero-order valence-corrected chi connectivity index (χ0v) is 11.3. The van der Waals surface area contributed by atoms with Crippen LogP contribution in [0.3, 0.4) is 0 Å². The molecule has 3 nitrogen and oxygen atoms in total. The van der Waals surface area contributed by atoms with Crippen molar-refractivity contribution in [2.75, 3.05) is 0 Å². The minimum atomic E-state index is 0.181. The highest BCUT2D eigenvalue weighted by molar-refractivity contribution is 7.99. The topological polar surface area (TPSA) is 62.8 Å². The van der Waals surface area contributed by atoms with Crippen LogP contribution in [0.1, 0.15) is 48.2 Å². The number of nitrogens with zero attached hydrogens (tertiary/aromatic N) is 1. The van der Waals surface area contributed by atoms with Gasteiger partial charge in [-0.2, -0.15) is 11.8 Å². The van der Waals surface area contributed by atoms with E-state index in [2.05, 4.69) is 18.8 Å². The quantitative estimate of drug-likeness (QED) is 0.628. The fourth-order valence-corrected chi connectivity index (χ4v) is 3.29. The average Bonchev–Trinajstić information content (AvgIpc) is 2.95. The smallest absolute Gasteiger partial charge is 0.135 e. The molecule has 0 spiro atoms. The number of amidine groups is 1. The first-order valence-corrected chi connectivity index (χ1v) is 7.40. The highest BCUT2D eigenvalue weighted by Crippen LogP contribution is 2.42. The summed E-state index contributed by atoms with van der Waals surface area (Å²) >= 11 is 3.48. The van der Waals surface area contributed by atoms with Crippen molar-refractivity contribution in [1.82, 2.24) is 4.98 Å². The number of nitrogens with one attached hydrogen (secondary N) is 1. The largest absolute Gasteiger partial charge is 0.383 e. The van der Waals surface area contributed by atoms with Crippen LogP contribution < -0.4 is 5.73 Å². The second-order valence-electron chi connectivity index (χ2n) is 4.37. The number of thiazole rings is 1. The zero-order chi connectivity index (χ0) is 11.7. The lowest BCUT2D eigenvalue weighted by atomic mass is 10.2. The van der Waals surface area contributed by atoms with Crippen LogP contribution in [0.15, 0.2) is 0 Å². The molecule has 1 fully saturated rings. The van der Waals surface area contributed by atoms with Crippen molar-refractivity contribution in [3.63, 3.8) is 0 Å². The van der Waals surface area contributed by atoms with Gasteiger partial charge in [-0.3, -0.25) is 5.41 Å². The summed E-state index contributed by atoms with van der Waals surface area (Å²) in [5, 5.41) is 9.30. The fraction of sp³-hybridized carbons (Fsp3) is 0.636. The molecular formula is C11H17N3S2. The van der Waals surface area contributed by atoms with E-state index in [9.17, 15) is 0 Å². The van der Waals surface area contributed by atoms with Gasteiger partial charge in [0.2, 0.25) is 0 Å². The number of nitrogen functional groups attached to an aromatic ring is 1. The van der Waals surface area contributed by atoms with E-state index in [4.69, 9.17) is 11.1 Å². The first kappa shape index (κ1) is 11.9. The predicted octanol–water partition coefficient (Wildman–Crippen LogP) is 2.95. The van der Waals surface area contributed by atoms with Gasteiger partial charge >= 0.3 is 0 Å². The second-order valence-corrected chi connectivity index (χ2v) is 7.02. The number of hydrogen-bond donors (Lipinski definition) is 2. The molecule has 88 valence electrons. The van der Waals surface area contributed by atoms with E-state index in [1.54, 1.807) is 11.3 Å². The van der Waals surface area contributed by atoms with E-state index in [1.165, 1.54) is 12.8 Å². The van der Waals surface area contributed by atoms with Crippen LogP contribution in [0, 0.1) is 5.41 Å². The SMILES string of the molecule is CC(C)SCc1nc(C2CC2)c(C(=N)N)s1. The fourth-order valence-electron chi connectivity index (χ4n) is 1.50. The van der Waals surface area contributed by atoms with Gasteiger partial charge in [0.05, 0.1) is 10.6 Å². The van der Waals surface area contributed by atoms with Crippen LogP contribution in [0.2, 0.25) is 0 Å². The normalized spacial score (nSPS) is 15.7. The molecule has 1 aromatic rings. The summed E-state index contributed by atoms with van der Waals surface area (Å²) < 4.78 is 0. The van der Waals surface area contributed by atoms with Gasteiger partial charge in [0, 0.05) is 11.7 Å². The summed E-state index contributed by atoms with van der Waals surface area (Å²) in [5.41, 5.74) is 6.68. The van der Waals surface area contributed by atoms with Gasteiger partial charge < -0.3 is 5.73 Å². The van der Waals surface area contributed by atoms with Gasteiger partial charge in [0.25, 0.3) is 0 Å². The van der Waals surface area contributed by atoms with Gasteiger partial charge in [-0.1, -0.05) is 13.8 Å². The Labute approximate surface area is 104 Å². The van der Waals surface area contributed by atoms with Gasteiger partial charge in [0.1, 0.15) is 10.8 Å². The lowest BCUT2D eigenvalue weighted by Crippen LogP contribution is -2.11. The molecule has 3 N–H and O–H groups in total. The lowest BCUT2D eigenvalue weighted by Gasteiger charge is -2.00. The van der Waals surface area contributed by atoms with E-state index >= 15 is 0 Å². The summed E-state index contributed by atoms with van der Waals surface area (Å²) in [6.07, 6.45) is 2.42. The van der Waals surface area contributed by atoms with Crippen LogP contribution in [0.25, 0.3) is 0 Å². The molecule has 2 rings (SSSR count). The molecule has 1 aliphatic carbocycles. The number of hydrogen-bond acceptors (Lipinski definition) is 4. The standard InChI is InChI=1S/C11H17N3S2/c1-6(2)15-5-8-14-9(7-3-4-7)10(16-8)11(12)13/h6-7H,3-5H2,1-2H3,(H3,12,13). The Morgan fingerprint density at radius 2 is 2.31 bits per heavy atom. The molecule has 0 amide bonds. The number of thioether (sulfide) groups is 1. The summed E-state index contributed by atoms with van der Waals surface area (Å²) in [6, 6.07) is 0. The maximum absolute atomic E-state index is 7.57. The minimum absolute atomic E-state index is 0.181. The summed E-state index contributed by atoms with van der Waals surface area (Å²) in [6.45, 7) is 4.37. The molecule has 0 aromatic carbocycles. The first-order chi connectivity index (χ1) is 7.58. The van der Waals surface area contributed by atoms with E-state index < -0.39 is 0 Å². The van der Waals surface area contributed by atoms with Crippen LogP contribution in [0.5, 0.6) is 0 Å². The molecule has 1 aromatic heterocycles. The van der Waals surface area contributed by atoms with Crippen molar-refractivity contribution in [1.29, 1.82) is 5.41 Å². The molecule has 0 unspecified atom stereocenters. The molecule has 1 heterocycles. The Bertz CT molecular complexity index is 394. The Morgan fingerprint density at radius 3 is 2.81 bits per heavy atom. The first-order valence-electron chi connectivity index (χ1n) is 5.53. The van der Waals surface area contributed by atoms with Crippen molar-refractivity contribution < 1.29 is 0 Å². The maximum atomic E-state index is 7.57. The highest BCUT2D eigenvalue weighted by atomic mass is 32.2. The number of rotatable bonds is 5. The third kappa shape index (κ3) is 2.77. The molecule has 0 saturated heterocycles. The Morgan fingerprint density at radius 1 is 1.62 bits per heavy atom. The van der Waals surface area contributed by atoms with E-state index in [1.807, 2.05) is 11.8 Å². The van der Waals surface area contributed by atoms with Gasteiger partial charge in [-0.15, -0.1) is 11.3 Å². The van der Waals surface area contributed by atoms with Crippen LogP contribution in [-0.4, -0.2) is 16.1 Å². The summed E-state index contributed by atoms with van der Waals surface area (Å²) in [7, 11) is 0. The second kappa shape index (κ2) is 4.75. The lowest BCUT2D eigenvalue weighted by molar-refractivity contribution is 1.02. The maximum Gasteiger partial charge on any atom is 0.135 e. The van der Waals surface area contributed by atoms with E-state index in [0.717, 1.165) is 21.3 Å². The monoisotopic (exact) mass is 255 g/mol. The average molecular weight is 255 g/mol. The highest BCUT2D eigenvalue weighted by Gasteiger charge is 2.30. The van der Waals surface area contributed by atoms with E-state index in [-0.39, 0.29) is 5.84 Å². The van der Waals surface area contributed by atoms with E-state index in [0.29, 0.717) is 11.2 Å². The number of nitrogens with two attached hydrogens (primary N) is 1. The molecule has 0 bridgehead atoms. The zero-order valence-electron chi connectivity index (χ0n) is 9.62. The van der Waals surface area contributed by atoms with Crippen molar-refractivity contribution in [2.45, 2.75) is 43.6 Å². The van der Waals surface area contributed by atoms with Crippen LogP contribution in [0.4, 0.5) is 0 Å². The minimum Gasteiger partial charge on any atom is -0.383 e. The third-order valence-corrected chi connectivity index (χ3v) is 4.84. The van der Waals surface area contributed by atoms with Crippen LogP contribution in [-0.2, 0) is 5.75 Å². The summed E-state index contributed by atoms with van der Waals surface area (Å²) in [4.78, 5) is 5.55. The van der Waals surface area contributed by atoms with Gasteiger partial charge in [-0.25, -0.2) is 4.98 Å². The molecule has 0 aliphatic heterocycles. The molecule has 5 heteroatoms. The van der Waals surface area contributed by atoms with Crippen molar-refractivity contribution in [3.8, 4) is 0 Å². The molecule has 1 saturated carbocycles. The van der Waals surface area contributed by atoms with Gasteiger partial charge in [0.15, 0.2) is 0 Å². The van der Waals surface area contributed by atoms with Crippen molar-refractivity contribution in [3.05, 3.63) is 15.6 Å². The Balaban J connectivity index is 2.14.